The highest BCUT2D eigenvalue weighted by molar-refractivity contribution is 7.80. The lowest BCUT2D eigenvalue weighted by Crippen LogP contribution is -2.68. The van der Waals surface area contributed by atoms with Gasteiger partial charge in [-0.1, -0.05) is 19.0 Å². The van der Waals surface area contributed by atoms with E-state index in [1.54, 1.807) is 13.8 Å². The van der Waals surface area contributed by atoms with Crippen LogP contribution in [0.15, 0.2) is 22.2 Å². The summed E-state index contributed by atoms with van der Waals surface area (Å²) in [7, 11) is -4.98. The van der Waals surface area contributed by atoms with Crippen molar-refractivity contribution in [2.24, 2.45) is 17.0 Å². The van der Waals surface area contributed by atoms with Gasteiger partial charge in [-0.25, -0.2) is 0 Å². The van der Waals surface area contributed by atoms with Gasteiger partial charge in [0.15, 0.2) is 28.5 Å². The van der Waals surface area contributed by atoms with Crippen LogP contribution in [0.25, 0.3) is 0 Å². The fraction of sp³-hybridized carbons (Fsp3) is 0.474. The number of hydrogen-bond acceptors (Lipinski definition) is 14. The van der Waals surface area contributed by atoms with Crippen LogP contribution in [0.2, 0.25) is 0 Å². The Labute approximate surface area is 214 Å². The van der Waals surface area contributed by atoms with E-state index in [0.29, 0.717) is 9.79 Å². The van der Waals surface area contributed by atoms with E-state index in [1.165, 1.54) is 13.8 Å². The number of aromatic nitrogens is 3. The molecule has 2 aromatic rings. The molecule has 0 aliphatic carbocycles. The van der Waals surface area contributed by atoms with Gasteiger partial charge in [0.1, 0.15) is 5.69 Å². The molecule has 18 heteroatoms. The van der Waals surface area contributed by atoms with Gasteiger partial charge in [0.25, 0.3) is 5.91 Å². The van der Waals surface area contributed by atoms with Gasteiger partial charge in [-0.2, -0.15) is 27.6 Å². The summed E-state index contributed by atoms with van der Waals surface area (Å²) < 4.78 is 39.7. The minimum Gasteiger partial charge on any atom is -0.503 e. The van der Waals surface area contributed by atoms with Gasteiger partial charge in [0.05, 0.1) is 17.7 Å². The Hall–Kier alpha value is -3.61. The average molecular weight is 561 g/mol. The van der Waals surface area contributed by atoms with Crippen molar-refractivity contribution in [1.82, 2.24) is 19.2 Å². The molecule has 1 aliphatic heterocycles. The number of aromatic hydroxyl groups is 1. The van der Waals surface area contributed by atoms with Crippen LogP contribution >= 0.6 is 11.5 Å². The molecule has 3 heterocycles. The van der Waals surface area contributed by atoms with Crippen LogP contribution in [0.3, 0.4) is 0 Å². The molecule has 0 bridgehead atoms. The maximum absolute atomic E-state index is 13.2. The summed E-state index contributed by atoms with van der Waals surface area (Å²) in [5, 5.41) is 24.0. The number of nitrogens with zero attached hydrogens (tertiary/aromatic N) is 5. The summed E-state index contributed by atoms with van der Waals surface area (Å²) in [4.78, 5) is 47.0. The number of Topliss-reactive ketones (excluding diaryl/α,β-unsaturated/α-hetero) is 1. The normalized spacial score (nSPS) is 18.5. The lowest BCUT2D eigenvalue weighted by molar-refractivity contribution is -0.228. The Morgan fingerprint density at radius 1 is 1.35 bits per heavy atom. The highest BCUT2D eigenvalue weighted by Gasteiger charge is 2.57. The van der Waals surface area contributed by atoms with E-state index in [0.717, 1.165) is 23.8 Å². The molecule has 0 radical (unpaired) electrons. The largest absolute Gasteiger partial charge is 0.503 e. The number of hydroxylamine groups is 2. The van der Waals surface area contributed by atoms with Crippen molar-refractivity contribution in [3.05, 3.63) is 34.0 Å². The van der Waals surface area contributed by atoms with Crippen LogP contribution in [-0.4, -0.2) is 65.4 Å². The zero-order chi connectivity index (χ0) is 27.9. The standard InChI is InChI=1S/C19H24N6O10S2/c1-8(2)15(10-6-11(26)13(28)7-24(10)30)34-22-14(16-21-18(20)36-23-16)12(27)5-9-17(29)25(19(9,3)4)35-37(31,32)33/h6-9,15,28,30H,5H2,1-4H3,(H2,20,21,23)(H,31,32,33)/b22-14+/t9-,15?/m1/s1. The molecule has 202 valence electrons. The second kappa shape index (κ2) is 10.0. The van der Waals surface area contributed by atoms with E-state index in [1.807, 2.05) is 0 Å². The Morgan fingerprint density at radius 3 is 2.51 bits per heavy atom. The number of carbonyl (C=O) groups excluding carboxylic acids is 2. The smallest absolute Gasteiger partial charge is 0.418 e. The first-order valence-corrected chi connectivity index (χ1v) is 12.7. The quantitative estimate of drug-likeness (QED) is 0.100. The van der Waals surface area contributed by atoms with E-state index in [9.17, 15) is 33.1 Å². The van der Waals surface area contributed by atoms with Crippen molar-refractivity contribution in [2.75, 3.05) is 5.73 Å². The summed E-state index contributed by atoms with van der Waals surface area (Å²) in [6, 6.07) is 0.940. The van der Waals surface area contributed by atoms with Gasteiger partial charge < -0.3 is 20.9 Å². The Bertz CT molecular complexity index is 1410. The molecule has 0 aromatic carbocycles. The highest BCUT2D eigenvalue weighted by Crippen LogP contribution is 2.40. The molecule has 1 amide bonds. The number of ketones is 1. The summed E-state index contributed by atoms with van der Waals surface area (Å²) in [6.45, 7) is 6.20. The summed E-state index contributed by atoms with van der Waals surface area (Å²) in [6.07, 6.45) is -0.800. The first-order valence-electron chi connectivity index (χ1n) is 10.6. The van der Waals surface area contributed by atoms with E-state index in [2.05, 4.69) is 18.8 Å². The molecule has 2 atom stereocenters. The van der Waals surface area contributed by atoms with Crippen LogP contribution < -0.4 is 11.2 Å². The molecular formula is C19H24N6O10S2. The fourth-order valence-electron chi connectivity index (χ4n) is 3.56. The number of β-lactam (4-membered cyclic amide) rings is 1. The van der Waals surface area contributed by atoms with Crippen LogP contribution in [-0.2, 0) is 29.1 Å². The van der Waals surface area contributed by atoms with Gasteiger partial charge in [-0.3, -0.25) is 18.9 Å². The first kappa shape index (κ1) is 28.0. The molecule has 5 N–H and O–H groups in total. The number of nitrogens with two attached hydrogens (primary N) is 1. The molecule has 0 saturated carbocycles. The minimum atomic E-state index is -4.98. The molecule has 3 rings (SSSR count). The molecule has 1 aliphatic rings. The lowest BCUT2D eigenvalue weighted by Gasteiger charge is -2.50. The molecule has 16 nitrogen and oxygen atoms in total. The molecule has 0 spiro atoms. The van der Waals surface area contributed by atoms with Crippen molar-refractivity contribution in [3.63, 3.8) is 0 Å². The monoisotopic (exact) mass is 560 g/mol. The van der Waals surface area contributed by atoms with Crippen molar-refractivity contribution >= 4 is 44.5 Å². The highest BCUT2D eigenvalue weighted by atomic mass is 32.3. The number of oxime groups is 1. The summed E-state index contributed by atoms with van der Waals surface area (Å²) in [5.74, 6) is -4.04. The van der Waals surface area contributed by atoms with Crippen LogP contribution in [0.5, 0.6) is 5.75 Å². The maximum atomic E-state index is 13.2. The Kier molecular flexibility index (Phi) is 7.59. The number of hydrogen-bond donors (Lipinski definition) is 4. The van der Waals surface area contributed by atoms with Gasteiger partial charge in [0.2, 0.25) is 11.3 Å². The second-order valence-electron chi connectivity index (χ2n) is 8.93. The van der Waals surface area contributed by atoms with E-state index >= 15 is 0 Å². The van der Waals surface area contributed by atoms with E-state index in [4.69, 9.17) is 15.1 Å². The molecular weight excluding hydrogens is 536 g/mol. The van der Waals surface area contributed by atoms with Crippen molar-refractivity contribution in [2.45, 2.75) is 45.8 Å². The minimum absolute atomic E-state index is 0.00594. The number of carbonyl (C=O) groups is 2. The Balaban J connectivity index is 1.92. The fourth-order valence-corrected chi connectivity index (χ4v) is 4.45. The summed E-state index contributed by atoms with van der Waals surface area (Å²) in [5.41, 5.74) is 3.03. The van der Waals surface area contributed by atoms with Crippen molar-refractivity contribution in [3.8, 4) is 5.75 Å². The predicted molar refractivity (Wildman–Crippen MR) is 126 cm³/mol. The van der Waals surface area contributed by atoms with Gasteiger partial charge in [0, 0.05) is 24.0 Å². The lowest BCUT2D eigenvalue weighted by atomic mass is 9.75. The predicted octanol–water partition coefficient (Wildman–Crippen LogP) is 0.274. The zero-order valence-corrected chi connectivity index (χ0v) is 21.6. The van der Waals surface area contributed by atoms with E-state index in [-0.39, 0.29) is 16.6 Å². The molecule has 37 heavy (non-hydrogen) atoms. The maximum Gasteiger partial charge on any atom is 0.418 e. The third-order valence-electron chi connectivity index (χ3n) is 5.55. The molecule has 1 unspecified atom stereocenters. The molecule has 1 fully saturated rings. The van der Waals surface area contributed by atoms with Crippen molar-refractivity contribution < 1.29 is 42.0 Å². The third-order valence-corrected chi connectivity index (χ3v) is 6.43. The third kappa shape index (κ3) is 5.87. The van der Waals surface area contributed by atoms with E-state index < -0.39 is 68.9 Å². The number of rotatable bonds is 10. The van der Waals surface area contributed by atoms with Crippen LogP contribution in [0, 0.1) is 11.8 Å². The first-order chi connectivity index (χ1) is 17.0. The molecule has 1 saturated heterocycles. The van der Waals surface area contributed by atoms with Gasteiger partial charge in [-0.05, 0) is 19.8 Å². The Morgan fingerprint density at radius 2 is 2.00 bits per heavy atom. The number of nitrogen functional groups attached to an aromatic ring is 1. The average Bonchev–Trinajstić information content (AvgIpc) is 3.21. The van der Waals surface area contributed by atoms with Gasteiger partial charge in [-0.15, -0.1) is 4.28 Å². The SMILES string of the molecule is CC(C)C(O/N=C(\C(=O)C[C@@H]1C(=O)N(OS(=O)(=O)O)C1(C)C)c1nsc(N)n1)c1cc(=O)c(O)cn1O. The number of anilines is 1. The van der Waals surface area contributed by atoms with Gasteiger partial charge >= 0.3 is 10.4 Å². The second-order valence-corrected chi connectivity index (χ2v) is 10.7. The number of pyridine rings is 1. The number of amides is 1. The van der Waals surface area contributed by atoms with Crippen LogP contribution in [0.1, 0.15) is 51.7 Å². The van der Waals surface area contributed by atoms with Crippen LogP contribution in [0.4, 0.5) is 5.13 Å². The molecule has 2 aromatic heterocycles. The summed E-state index contributed by atoms with van der Waals surface area (Å²) >= 11 is 0.764. The zero-order valence-electron chi connectivity index (χ0n) is 19.9. The van der Waals surface area contributed by atoms with Crippen molar-refractivity contribution in [1.29, 1.82) is 0 Å². The topological polar surface area (TPSA) is 237 Å².